The van der Waals surface area contributed by atoms with Crippen molar-refractivity contribution in [3.63, 3.8) is 0 Å². The third-order valence-electron chi connectivity index (χ3n) is 1.02. The standard InChI is InChI=1S/C7H15N3/c1-3-10-6-7(8)4-5-9-2/h4-5,10H,3,6,8H2,1-2H3. The number of allylic oxidation sites excluding steroid dienone is 1. The summed E-state index contributed by atoms with van der Waals surface area (Å²) in [5.41, 5.74) is 6.37. The molecule has 0 atom stereocenters. The Kier molecular flexibility index (Phi) is 5.77. The van der Waals surface area contributed by atoms with Crippen molar-refractivity contribution in [1.29, 1.82) is 0 Å². The second kappa shape index (κ2) is 6.29. The number of hydrogen-bond donors (Lipinski definition) is 2. The highest BCUT2D eigenvalue weighted by molar-refractivity contribution is 5.71. The molecule has 10 heavy (non-hydrogen) atoms. The molecule has 0 heterocycles. The van der Waals surface area contributed by atoms with E-state index in [0.717, 1.165) is 18.8 Å². The molecule has 0 fully saturated rings. The molecule has 0 aliphatic heterocycles. The average Bonchev–Trinajstić information content (AvgIpc) is 1.97. The van der Waals surface area contributed by atoms with E-state index >= 15 is 0 Å². The summed E-state index contributed by atoms with van der Waals surface area (Å²) >= 11 is 0. The minimum atomic E-state index is 0.739. The first-order chi connectivity index (χ1) is 4.81. The lowest BCUT2D eigenvalue weighted by Gasteiger charge is -1.98. The van der Waals surface area contributed by atoms with E-state index < -0.39 is 0 Å². The van der Waals surface area contributed by atoms with Crippen LogP contribution in [0.5, 0.6) is 0 Å². The molecule has 0 spiro atoms. The molecule has 0 radical (unpaired) electrons. The fourth-order valence-electron chi connectivity index (χ4n) is 0.499. The molecule has 0 aromatic rings. The smallest absolute Gasteiger partial charge is 0.0352 e. The van der Waals surface area contributed by atoms with Crippen molar-refractivity contribution in [1.82, 2.24) is 5.32 Å². The van der Waals surface area contributed by atoms with Gasteiger partial charge in [0.05, 0.1) is 0 Å². The number of nitrogens with one attached hydrogen (secondary N) is 1. The van der Waals surface area contributed by atoms with Gasteiger partial charge in [0.1, 0.15) is 0 Å². The summed E-state index contributed by atoms with van der Waals surface area (Å²) in [6, 6.07) is 0. The van der Waals surface area contributed by atoms with Crippen molar-refractivity contribution in [2.75, 3.05) is 20.1 Å². The molecule has 0 unspecified atom stereocenters. The second-order valence-electron chi connectivity index (χ2n) is 1.93. The van der Waals surface area contributed by atoms with E-state index in [1.165, 1.54) is 0 Å². The highest BCUT2D eigenvalue weighted by Crippen LogP contribution is 1.76. The van der Waals surface area contributed by atoms with Gasteiger partial charge in [-0.05, 0) is 12.6 Å². The average molecular weight is 141 g/mol. The number of nitrogens with two attached hydrogens (primary N) is 1. The van der Waals surface area contributed by atoms with Crippen LogP contribution in [0.25, 0.3) is 0 Å². The van der Waals surface area contributed by atoms with E-state index in [2.05, 4.69) is 10.3 Å². The van der Waals surface area contributed by atoms with E-state index in [4.69, 9.17) is 5.73 Å². The van der Waals surface area contributed by atoms with E-state index in [1.54, 1.807) is 19.3 Å². The highest BCUT2D eigenvalue weighted by Gasteiger charge is 1.83. The molecule has 3 nitrogen and oxygen atoms in total. The van der Waals surface area contributed by atoms with Crippen molar-refractivity contribution in [3.8, 4) is 0 Å². The fourth-order valence-corrected chi connectivity index (χ4v) is 0.499. The summed E-state index contributed by atoms with van der Waals surface area (Å²) in [5, 5.41) is 3.10. The normalized spacial score (nSPS) is 12.8. The van der Waals surface area contributed by atoms with Crippen molar-refractivity contribution in [2.45, 2.75) is 6.92 Å². The van der Waals surface area contributed by atoms with Crippen LogP contribution in [0, 0.1) is 0 Å². The van der Waals surface area contributed by atoms with E-state index in [-0.39, 0.29) is 0 Å². The van der Waals surface area contributed by atoms with Crippen LogP contribution in [-0.4, -0.2) is 26.4 Å². The van der Waals surface area contributed by atoms with E-state index in [1.807, 2.05) is 6.92 Å². The molecule has 3 heteroatoms. The van der Waals surface area contributed by atoms with E-state index in [0.29, 0.717) is 0 Å². The van der Waals surface area contributed by atoms with Crippen LogP contribution in [0.3, 0.4) is 0 Å². The van der Waals surface area contributed by atoms with Gasteiger partial charge in [0.15, 0.2) is 0 Å². The summed E-state index contributed by atoms with van der Waals surface area (Å²) < 4.78 is 0. The number of aliphatic imine (C=N–C) groups is 1. The molecule has 0 aromatic carbocycles. The van der Waals surface area contributed by atoms with Crippen LogP contribution >= 0.6 is 0 Å². The lowest BCUT2D eigenvalue weighted by atomic mass is 10.4. The topological polar surface area (TPSA) is 50.4 Å². The van der Waals surface area contributed by atoms with E-state index in [9.17, 15) is 0 Å². The Labute approximate surface area is 62.0 Å². The quantitative estimate of drug-likeness (QED) is 0.547. The van der Waals surface area contributed by atoms with Crippen LogP contribution in [0.1, 0.15) is 6.92 Å². The molecule has 0 aromatic heterocycles. The van der Waals surface area contributed by atoms with Gasteiger partial charge in [-0.25, -0.2) is 0 Å². The van der Waals surface area contributed by atoms with Crippen molar-refractivity contribution < 1.29 is 0 Å². The van der Waals surface area contributed by atoms with Crippen molar-refractivity contribution in [2.24, 2.45) is 10.7 Å². The first-order valence-corrected chi connectivity index (χ1v) is 3.38. The van der Waals surface area contributed by atoms with Gasteiger partial charge in [0, 0.05) is 25.5 Å². The molecule has 0 saturated heterocycles. The van der Waals surface area contributed by atoms with Gasteiger partial charge >= 0.3 is 0 Å². The highest BCUT2D eigenvalue weighted by atomic mass is 14.9. The van der Waals surface area contributed by atoms with Crippen LogP contribution in [0.2, 0.25) is 0 Å². The number of hydrogen-bond acceptors (Lipinski definition) is 3. The molecule has 0 bridgehead atoms. The zero-order chi connectivity index (χ0) is 7.82. The monoisotopic (exact) mass is 141 g/mol. The lowest BCUT2D eigenvalue weighted by Crippen LogP contribution is -2.20. The first-order valence-electron chi connectivity index (χ1n) is 3.38. The van der Waals surface area contributed by atoms with Gasteiger partial charge in [-0.15, -0.1) is 0 Å². The molecule has 58 valence electrons. The van der Waals surface area contributed by atoms with Crippen LogP contribution in [0.4, 0.5) is 0 Å². The maximum Gasteiger partial charge on any atom is 0.0352 e. The minimum Gasteiger partial charge on any atom is -0.401 e. The molecular formula is C7H15N3. The SMILES string of the molecule is CCNCC(N)=CC=NC. The van der Waals surface area contributed by atoms with Gasteiger partial charge in [0.2, 0.25) is 0 Å². The first kappa shape index (κ1) is 9.17. The third kappa shape index (κ3) is 5.31. The van der Waals surface area contributed by atoms with Gasteiger partial charge in [-0.3, -0.25) is 4.99 Å². The lowest BCUT2D eigenvalue weighted by molar-refractivity contribution is 0.771. The molecule has 0 amide bonds. The Bertz CT molecular complexity index is 127. The summed E-state index contributed by atoms with van der Waals surface area (Å²) in [6.07, 6.45) is 3.48. The fraction of sp³-hybridized carbons (Fsp3) is 0.571. The van der Waals surface area contributed by atoms with Gasteiger partial charge in [0.25, 0.3) is 0 Å². The zero-order valence-electron chi connectivity index (χ0n) is 6.59. The number of nitrogens with zero attached hydrogens (tertiary/aromatic N) is 1. The number of rotatable bonds is 4. The molecule has 0 rings (SSSR count). The van der Waals surface area contributed by atoms with Crippen LogP contribution in [-0.2, 0) is 0 Å². The summed E-state index contributed by atoms with van der Waals surface area (Å²) in [6.45, 7) is 3.72. The van der Waals surface area contributed by atoms with Crippen LogP contribution in [0.15, 0.2) is 16.8 Å². The maximum atomic E-state index is 5.55. The molecule has 0 aliphatic carbocycles. The molecular weight excluding hydrogens is 126 g/mol. The third-order valence-corrected chi connectivity index (χ3v) is 1.02. The minimum absolute atomic E-state index is 0.739. The largest absolute Gasteiger partial charge is 0.401 e. The maximum absolute atomic E-state index is 5.55. The Morgan fingerprint density at radius 3 is 2.90 bits per heavy atom. The Morgan fingerprint density at radius 1 is 1.70 bits per heavy atom. The summed E-state index contributed by atoms with van der Waals surface area (Å²) in [7, 11) is 1.72. The Morgan fingerprint density at radius 2 is 2.40 bits per heavy atom. The molecule has 0 aliphatic rings. The summed E-state index contributed by atoms with van der Waals surface area (Å²) in [5.74, 6) is 0. The Hall–Kier alpha value is -0.830. The molecule has 3 N–H and O–H groups in total. The summed E-state index contributed by atoms with van der Waals surface area (Å²) in [4.78, 5) is 3.77. The predicted molar refractivity (Wildman–Crippen MR) is 45.2 cm³/mol. The van der Waals surface area contributed by atoms with Crippen molar-refractivity contribution in [3.05, 3.63) is 11.8 Å². The van der Waals surface area contributed by atoms with Gasteiger partial charge in [-0.1, -0.05) is 6.92 Å². The van der Waals surface area contributed by atoms with Gasteiger partial charge in [-0.2, -0.15) is 0 Å². The second-order valence-corrected chi connectivity index (χ2v) is 1.93. The van der Waals surface area contributed by atoms with Crippen LogP contribution < -0.4 is 11.1 Å². The van der Waals surface area contributed by atoms with Gasteiger partial charge < -0.3 is 11.1 Å². The predicted octanol–water partition coefficient (Wildman–Crippen LogP) is 0.139. The van der Waals surface area contributed by atoms with Crippen molar-refractivity contribution >= 4 is 6.21 Å². The zero-order valence-corrected chi connectivity index (χ0v) is 6.59. The number of likely N-dealkylation sites (N-methyl/N-ethyl adjacent to an activating group) is 1. The molecule has 0 saturated carbocycles. The Balaban J connectivity index is 3.49.